The number of carboxylic acids is 1. The van der Waals surface area contributed by atoms with Crippen LogP contribution in [0.2, 0.25) is 0 Å². The number of rotatable bonds is 5. The quantitative estimate of drug-likeness (QED) is 0.608. The van der Waals surface area contributed by atoms with E-state index in [1.807, 2.05) is 0 Å². The van der Waals surface area contributed by atoms with Crippen LogP contribution in [0.5, 0.6) is 0 Å². The van der Waals surface area contributed by atoms with Crippen LogP contribution in [0.25, 0.3) is 0 Å². The number of nitriles is 1. The molecule has 19 heavy (non-hydrogen) atoms. The largest absolute Gasteiger partial charge is 0.478 e. The highest BCUT2D eigenvalue weighted by Crippen LogP contribution is 2.33. The van der Waals surface area contributed by atoms with Crippen LogP contribution in [0.15, 0.2) is 24.3 Å². The van der Waals surface area contributed by atoms with Crippen LogP contribution >= 0.6 is 0 Å². The van der Waals surface area contributed by atoms with Crippen molar-refractivity contribution < 1.29 is 19.4 Å². The number of nitrogens with zero attached hydrogens (tertiary/aromatic N) is 1. The predicted molar refractivity (Wildman–Crippen MR) is 64.4 cm³/mol. The first-order chi connectivity index (χ1) is 9.06. The molecule has 0 radical (unpaired) electrons. The van der Waals surface area contributed by atoms with Gasteiger partial charge in [0, 0.05) is 0 Å². The zero-order valence-corrected chi connectivity index (χ0v) is 10.0. The van der Waals surface area contributed by atoms with Crippen molar-refractivity contribution in [1.82, 2.24) is 5.32 Å². The van der Waals surface area contributed by atoms with E-state index < -0.39 is 17.5 Å². The predicted octanol–water partition coefficient (Wildman–Crippen LogP) is 1.14. The first kappa shape index (κ1) is 13.1. The van der Waals surface area contributed by atoms with Gasteiger partial charge in [-0.2, -0.15) is 5.26 Å². The van der Waals surface area contributed by atoms with Crippen molar-refractivity contribution in [2.24, 2.45) is 0 Å². The van der Waals surface area contributed by atoms with Crippen molar-refractivity contribution in [3.8, 4) is 6.07 Å². The number of nitrogens with one attached hydrogen (secondary N) is 1. The third-order valence-corrected chi connectivity index (χ3v) is 2.95. The summed E-state index contributed by atoms with van der Waals surface area (Å²) in [4.78, 5) is 22.3. The number of hydrogen-bond donors (Lipinski definition) is 2. The normalized spacial score (nSPS) is 15.3. The summed E-state index contributed by atoms with van der Waals surface area (Å²) in [6, 6.07) is 7.58. The van der Waals surface area contributed by atoms with Crippen molar-refractivity contribution in [3.63, 3.8) is 0 Å². The fraction of sp³-hybridized carbons (Fsp3) is 0.308. The number of carboxylic acid groups (broad SMARTS) is 1. The lowest BCUT2D eigenvalue weighted by molar-refractivity contribution is 0.0460. The van der Waals surface area contributed by atoms with E-state index in [0.29, 0.717) is 0 Å². The molecule has 1 fully saturated rings. The van der Waals surface area contributed by atoms with Crippen molar-refractivity contribution in [2.75, 3.05) is 6.73 Å². The van der Waals surface area contributed by atoms with E-state index in [-0.39, 0.29) is 17.9 Å². The van der Waals surface area contributed by atoms with Crippen LogP contribution < -0.4 is 5.32 Å². The van der Waals surface area contributed by atoms with E-state index in [1.165, 1.54) is 24.3 Å². The van der Waals surface area contributed by atoms with Crippen LogP contribution in [0.3, 0.4) is 0 Å². The Kier molecular flexibility index (Phi) is 3.49. The Hall–Kier alpha value is -2.39. The van der Waals surface area contributed by atoms with Gasteiger partial charge in [-0.25, -0.2) is 9.59 Å². The Morgan fingerprint density at radius 2 is 1.89 bits per heavy atom. The zero-order valence-electron chi connectivity index (χ0n) is 10.0. The molecule has 1 saturated carbocycles. The Morgan fingerprint density at radius 1 is 1.32 bits per heavy atom. The molecule has 1 aromatic rings. The van der Waals surface area contributed by atoms with Gasteiger partial charge in [0.1, 0.15) is 12.3 Å². The van der Waals surface area contributed by atoms with E-state index in [4.69, 9.17) is 15.1 Å². The molecule has 0 unspecified atom stereocenters. The fourth-order valence-corrected chi connectivity index (χ4v) is 1.53. The van der Waals surface area contributed by atoms with Crippen LogP contribution in [0, 0.1) is 11.3 Å². The maximum Gasteiger partial charge on any atom is 0.339 e. The molecule has 0 atom stereocenters. The van der Waals surface area contributed by atoms with Gasteiger partial charge in [-0.05, 0) is 37.1 Å². The maximum absolute atomic E-state index is 11.6. The molecule has 2 rings (SSSR count). The Bertz CT molecular complexity index is 541. The van der Waals surface area contributed by atoms with Gasteiger partial charge in [-0.3, -0.25) is 5.32 Å². The molecule has 98 valence electrons. The summed E-state index contributed by atoms with van der Waals surface area (Å²) in [6.45, 7) is -0.0346. The van der Waals surface area contributed by atoms with Gasteiger partial charge in [0.05, 0.1) is 17.2 Å². The summed E-state index contributed by atoms with van der Waals surface area (Å²) in [6.07, 6.45) is 1.52. The Morgan fingerprint density at radius 3 is 2.37 bits per heavy atom. The molecule has 6 nitrogen and oxygen atoms in total. The summed E-state index contributed by atoms with van der Waals surface area (Å²) in [5.74, 6) is -1.61. The minimum atomic E-state index is -1.05. The molecule has 0 heterocycles. The lowest BCUT2D eigenvalue weighted by Crippen LogP contribution is -2.32. The van der Waals surface area contributed by atoms with Crippen LogP contribution in [0.4, 0.5) is 0 Å². The van der Waals surface area contributed by atoms with Gasteiger partial charge in [0.15, 0.2) is 0 Å². The van der Waals surface area contributed by atoms with Crippen molar-refractivity contribution in [1.29, 1.82) is 5.26 Å². The number of ether oxygens (including phenoxy) is 1. The summed E-state index contributed by atoms with van der Waals surface area (Å²) < 4.78 is 4.96. The van der Waals surface area contributed by atoms with Crippen molar-refractivity contribution in [2.45, 2.75) is 18.4 Å². The average molecular weight is 260 g/mol. The molecule has 1 aromatic carbocycles. The molecular weight excluding hydrogens is 248 g/mol. The molecule has 0 saturated heterocycles. The van der Waals surface area contributed by atoms with E-state index in [9.17, 15) is 9.59 Å². The standard InChI is InChI=1S/C13H12N2O4/c14-7-13(5-6-13)15-8-19-12(18)10-3-1-9(2-4-10)11(16)17/h1-4,15H,5-6,8H2,(H,16,17). The fourth-order valence-electron chi connectivity index (χ4n) is 1.53. The van der Waals surface area contributed by atoms with Gasteiger partial charge in [-0.1, -0.05) is 0 Å². The number of esters is 1. The Balaban J connectivity index is 1.86. The molecule has 0 amide bonds. The summed E-state index contributed by atoms with van der Waals surface area (Å²) in [5, 5.41) is 20.4. The number of hydrogen-bond acceptors (Lipinski definition) is 5. The second-order valence-corrected chi connectivity index (χ2v) is 4.33. The van der Waals surface area contributed by atoms with Gasteiger partial charge < -0.3 is 9.84 Å². The number of carbonyl (C=O) groups excluding carboxylic acids is 1. The molecule has 0 aliphatic heterocycles. The summed E-state index contributed by atoms with van der Waals surface area (Å²) in [5.41, 5.74) is -0.155. The minimum Gasteiger partial charge on any atom is -0.478 e. The van der Waals surface area contributed by atoms with Crippen LogP contribution in [0.1, 0.15) is 33.6 Å². The van der Waals surface area contributed by atoms with E-state index in [2.05, 4.69) is 11.4 Å². The van der Waals surface area contributed by atoms with Gasteiger partial charge in [-0.15, -0.1) is 0 Å². The molecule has 2 N–H and O–H groups in total. The first-order valence-corrected chi connectivity index (χ1v) is 5.73. The number of aromatic carboxylic acids is 1. The highest BCUT2D eigenvalue weighted by molar-refractivity contribution is 5.92. The number of carbonyl (C=O) groups is 2. The summed E-state index contributed by atoms with van der Waals surface area (Å²) in [7, 11) is 0. The van der Waals surface area contributed by atoms with E-state index >= 15 is 0 Å². The highest BCUT2D eigenvalue weighted by Gasteiger charge is 2.42. The van der Waals surface area contributed by atoms with Crippen LogP contribution in [-0.2, 0) is 4.74 Å². The molecule has 1 aliphatic carbocycles. The van der Waals surface area contributed by atoms with E-state index in [1.54, 1.807) is 0 Å². The second kappa shape index (κ2) is 5.08. The molecule has 1 aliphatic rings. The van der Waals surface area contributed by atoms with Gasteiger partial charge >= 0.3 is 11.9 Å². The number of benzene rings is 1. The zero-order chi connectivity index (χ0) is 13.9. The van der Waals surface area contributed by atoms with Gasteiger partial charge in [0.25, 0.3) is 0 Å². The average Bonchev–Trinajstić information content (AvgIpc) is 3.19. The van der Waals surface area contributed by atoms with E-state index in [0.717, 1.165) is 12.8 Å². The monoisotopic (exact) mass is 260 g/mol. The first-order valence-electron chi connectivity index (χ1n) is 5.73. The van der Waals surface area contributed by atoms with Gasteiger partial charge in [0.2, 0.25) is 0 Å². The third-order valence-electron chi connectivity index (χ3n) is 2.95. The third kappa shape index (κ3) is 3.09. The Labute approximate surface area is 109 Å². The van der Waals surface area contributed by atoms with Crippen molar-refractivity contribution >= 4 is 11.9 Å². The lowest BCUT2D eigenvalue weighted by atomic mass is 10.1. The lowest BCUT2D eigenvalue weighted by Gasteiger charge is -2.09. The molecule has 6 heteroatoms. The highest BCUT2D eigenvalue weighted by atomic mass is 16.5. The molecule has 0 aromatic heterocycles. The van der Waals surface area contributed by atoms with Crippen LogP contribution in [-0.4, -0.2) is 29.3 Å². The maximum atomic E-state index is 11.6. The molecule has 0 bridgehead atoms. The molecular formula is C13H12N2O4. The smallest absolute Gasteiger partial charge is 0.339 e. The van der Waals surface area contributed by atoms with Crippen molar-refractivity contribution in [3.05, 3.63) is 35.4 Å². The summed E-state index contributed by atoms with van der Waals surface area (Å²) >= 11 is 0. The minimum absolute atomic E-state index is 0.0346. The second-order valence-electron chi connectivity index (χ2n) is 4.33. The molecule has 0 spiro atoms. The SMILES string of the molecule is N#CC1(NCOC(=O)c2ccc(C(=O)O)cc2)CC1. The topological polar surface area (TPSA) is 99.4 Å².